The van der Waals surface area contributed by atoms with Gasteiger partial charge in [0, 0.05) is 13.1 Å². The minimum Gasteiger partial charge on any atom is -0.438 e. The van der Waals surface area contributed by atoms with Crippen LogP contribution in [-0.2, 0) is 10.0 Å². The van der Waals surface area contributed by atoms with Gasteiger partial charge in [0.25, 0.3) is 15.9 Å². The molecule has 0 fully saturated rings. The van der Waals surface area contributed by atoms with Gasteiger partial charge in [0.15, 0.2) is 5.76 Å². The molecule has 108 valence electrons. The van der Waals surface area contributed by atoms with Crippen LogP contribution in [-0.4, -0.2) is 39.4 Å². The molecule has 19 heavy (non-hydrogen) atoms. The molecular formula is C12H20N2O4S. The van der Waals surface area contributed by atoms with Gasteiger partial charge in [-0.25, -0.2) is 13.1 Å². The van der Waals surface area contributed by atoms with Crippen molar-refractivity contribution in [1.29, 1.82) is 0 Å². The fourth-order valence-corrected chi connectivity index (χ4v) is 2.34. The number of carbonyl (C=O) groups excluding carboxylic acids is 1. The van der Waals surface area contributed by atoms with Gasteiger partial charge in [0.2, 0.25) is 5.09 Å². The standard InChI is InChI=1S/C12H20N2O4S/c1-4-8-14(9-5-2)12(15)10-6-7-11(18-10)19(16,17)13-3/h6-7,13H,4-5,8-9H2,1-3H3. The first-order valence-corrected chi connectivity index (χ1v) is 7.77. The molecule has 0 unspecified atom stereocenters. The van der Waals surface area contributed by atoms with Crippen molar-refractivity contribution >= 4 is 15.9 Å². The minimum atomic E-state index is -3.65. The van der Waals surface area contributed by atoms with Gasteiger partial charge in [0.05, 0.1) is 0 Å². The van der Waals surface area contributed by atoms with Gasteiger partial charge >= 0.3 is 0 Å². The molecule has 1 aromatic heterocycles. The number of sulfonamides is 1. The van der Waals surface area contributed by atoms with Crippen molar-refractivity contribution in [3.05, 3.63) is 17.9 Å². The van der Waals surface area contributed by atoms with E-state index in [2.05, 4.69) is 4.72 Å². The molecule has 0 aliphatic heterocycles. The fraction of sp³-hybridized carbons (Fsp3) is 0.583. The highest BCUT2D eigenvalue weighted by Crippen LogP contribution is 2.15. The zero-order valence-corrected chi connectivity index (χ0v) is 12.3. The van der Waals surface area contributed by atoms with Crippen LogP contribution in [0.5, 0.6) is 0 Å². The second kappa shape index (κ2) is 6.72. The largest absolute Gasteiger partial charge is 0.438 e. The maximum atomic E-state index is 12.2. The lowest BCUT2D eigenvalue weighted by Crippen LogP contribution is -2.32. The van der Waals surface area contributed by atoms with E-state index in [4.69, 9.17) is 4.42 Å². The molecule has 6 nitrogen and oxygen atoms in total. The lowest BCUT2D eigenvalue weighted by Gasteiger charge is -2.19. The molecule has 1 amide bonds. The fourth-order valence-electron chi connectivity index (χ4n) is 1.69. The SMILES string of the molecule is CCCN(CCC)C(=O)c1ccc(S(=O)(=O)NC)o1. The van der Waals surface area contributed by atoms with Crippen LogP contribution in [0.2, 0.25) is 0 Å². The van der Waals surface area contributed by atoms with E-state index in [1.807, 2.05) is 13.8 Å². The molecule has 7 heteroatoms. The number of nitrogens with zero attached hydrogens (tertiary/aromatic N) is 1. The highest BCUT2D eigenvalue weighted by molar-refractivity contribution is 7.89. The number of nitrogens with one attached hydrogen (secondary N) is 1. The second-order valence-corrected chi connectivity index (χ2v) is 5.94. The Labute approximate surface area is 113 Å². The third-order valence-corrected chi connectivity index (χ3v) is 3.89. The molecule has 1 heterocycles. The Balaban J connectivity index is 2.94. The molecule has 0 spiro atoms. The van der Waals surface area contributed by atoms with Crippen LogP contribution in [0.4, 0.5) is 0 Å². The van der Waals surface area contributed by atoms with E-state index in [0.29, 0.717) is 13.1 Å². The molecule has 0 aromatic carbocycles. The molecule has 0 saturated carbocycles. The number of hydrogen-bond acceptors (Lipinski definition) is 4. The maximum absolute atomic E-state index is 12.2. The Morgan fingerprint density at radius 1 is 1.26 bits per heavy atom. The summed E-state index contributed by atoms with van der Waals surface area (Å²) in [6, 6.07) is 2.68. The van der Waals surface area contributed by atoms with Gasteiger partial charge < -0.3 is 9.32 Å². The summed E-state index contributed by atoms with van der Waals surface area (Å²) in [4.78, 5) is 13.8. The smallest absolute Gasteiger partial charge is 0.289 e. The molecule has 1 rings (SSSR count). The van der Waals surface area contributed by atoms with Crippen LogP contribution >= 0.6 is 0 Å². The highest BCUT2D eigenvalue weighted by atomic mass is 32.2. The Morgan fingerprint density at radius 3 is 2.32 bits per heavy atom. The third-order valence-electron chi connectivity index (χ3n) is 2.60. The minimum absolute atomic E-state index is 0.0516. The second-order valence-electron chi connectivity index (χ2n) is 4.12. The van der Waals surface area contributed by atoms with E-state index >= 15 is 0 Å². The van der Waals surface area contributed by atoms with Crippen molar-refractivity contribution < 1.29 is 17.6 Å². The number of amides is 1. The Kier molecular flexibility index (Phi) is 5.56. The van der Waals surface area contributed by atoms with Crippen molar-refractivity contribution in [3.8, 4) is 0 Å². The molecule has 0 aliphatic carbocycles. The van der Waals surface area contributed by atoms with Crippen molar-refractivity contribution in [1.82, 2.24) is 9.62 Å². The van der Waals surface area contributed by atoms with Gasteiger partial charge in [0.1, 0.15) is 0 Å². The van der Waals surface area contributed by atoms with E-state index < -0.39 is 10.0 Å². The van der Waals surface area contributed by atoms with Gasteiger partial charge in [-0.2, -0.15) is 0 Å². The Morgan fingerprint density at radius 2 is 1.84 bits per heavy atom. The van der Waals surface area contributed by atoms with Crippen molar-refractivity contribution in [2.24, 2.45) is 0 Å². The average molecular weight is 288 g/mol. The quantitative estimate of drug-likeness (QED) is 0.823. The van der Waals surface area contributed by atoms with Gasteiger partial charge in [-0.05, 0) is 32.0 Å². The summed E-state index contributed by atoms with van der Waals surface area (Å²) in [5, 5.41) is -0.244. The van der Waals surface area contributed by atoms with Crippen LogP contribution in [0.1, 0.15) is 37.2 Å². The van der Waals surface area contributed by atoms with Crippen molar-refractivity contribution in [2.75, 3.05) is 20.1 Å². The summed E-state index contributed by atoms with van der Waals surface area (Å²) in [5.41, 5.74) is 0. The zero-order chi connectivity index (χ0) is 14.5. The molecule has 0 saturated heterocycles. The summed E-state index contributed by atoms with van der Waals surface area (Å²) in [6.45, 7) is 5.22. The third kappa shape index (κ3) is 3.81. The topological polar surface area (TPSA) is 79.6 Å². The van der Waals surface area contributed by atoms with Crippen LogP contribution in [0, 0.1) is 0 Å². The molecule has 0 atom stereocenters. The summed E-state index contributed by atoms with van der Waals surface area (Å²) >= 11 is 0. The first-order chi connectivity index (χ1) is 8.96. The molecule has 0 bridgehead atoms. The number of carbonyl (C=O) groups is 1. The van der Waals surface area contributed by atoms with Crippen LogP contribution in [0.15, 0.2) is 21.6 Å². The first-order valence-electron chi connectivity index (χ1n) is 6.28. The summed E-state index contributed by atoms with van der Waals surface area (Å²) in [7, 11) is -2.36. The maximum Gasteiger partial charge on any atom is 0.289 e. The monoisotopic (exact) mass is 288 g/mol. The zero-order valence-electron chi connectivity index (χ0n) is 11.5. The van der Waals surface area contributed by atoms with Crippen LogP contribution in [0.3, 0.4) is 0 Å². The Bertz CT molecular complexity index is 516. The first kappa shape index (κ1) is 15.7. The normalized spacial score (nSPS) is 11.5. The van der Waals surface area contributed by atoms with E-state index in [9.17, 15) is 13.2 Å². The summed E-state index contributed by atoms with van der Waals surface area (Å²) in [6.07, 6.45) is 1.68. The van der Waals surface area contributed by atoms with Crippen LogP contribution in [0.25, 0.3) is 0 Å². The molecular weight excluding hydrogens is 268 g/mol. The summed E-state index contributed by atoms with van der Waals surface area (Å²) < 4.78 is 30.3. The highest BCUT2D eigenvalue weighted by Gasteiger charge is 2.22. The average Bonchev–Trinajstić information content (AvgIpc) is 2.88. The lowest BCUT2D eigenvalue weighted by molar-refractivity contribution is 0.0717. The molecule has 0 aliphatic rings. The molecule has 1 N–H and O–H groups in total. The van der Waals surface area contributed by atoms with Gasteiger partial charge in [-0.15, -0.1) is 0 Å². The van der Waals surface area contributed by atoms with E-state index in [1.54, 1.807) is 4.90 Å². The number of hydrogen-bond donors (Lipinski definition) is 1. The molecule has 0 radical (unpaired) electrons. The lowest BCUT2D eigenvalue weighted by atomic mass is 10.3. The van der Waals surface area contributed by atoms with Crippen molar-refractivity contribution in [2.45, 2.75) is 31.8 Å². The van der Waals surface area contributed by atoms with Crippen molar-refractivity contribution in [3.63, 3.8) is 0 Å². The number of furan rings is 1. The predicted octanol–water partition coefficient (Wildman–Crippen LogP) is 1.45. The predicted molar refractivity (Wildman–Crippen MR) is 71.4 cm³/mol. The van der Waals surface area contributed by atoms with E-state index in [0.717, 1.165) is 12.8 Å². The van der Waals surface area contributed by atoms with Gasteiger partial charge in [-0.3, -0.25) is 4.79 Å². The van der Waals surface area contributed by atoms with E-state index in [-0.39, 0.29) is 16.8 Å². The number of rotatable bonds is 7. The van der Waals surface area contributed by atoms with Gasteiger partial charge in [-0.1, -0.05) is 13.8 Å². The molecule has 1 aromatic rings. The van der Waals surface area contributed by atoms with E-state index in [1.165, 1.54) is 19.2 Å². The Hall–Kier alpha value is -1.34. The van der Waals surface area contributed by atoms with Crippen LogP contribution < -0.4 is 4.72 Å². The summed E-state index contributed by atoms with van der Waals surface area (Å²) in [5.74, 6) is -0.225.